The molecule has 2 heterocycles. The first-order chi connectivity index (χ1) is 11.1. The zero-order valence-corrected chi connectivity index (χ0v) is 14.0. The molecule has 5 nitrogen and oxygen atoms in total. The van der Waals surface area contributed by atoms with Gasteiger partial charge in [-0.05, 0) is 32.0 Å². The smallest absolute Gasteiger partial charge is 0.235 e. The number of aromatic nitrogens is 1. The first-order valence-corrected chi connectivity index (χ1v) is 8.09. The Morgan fingerprint density at radius 3 is 2.91 bits per heavy atom. The highest BCUT2D eigenvalue weighted by Crippen LogP contribution is 2.38. The monoisotopic (exact) mass is 354 g/mol. The molecule has 0 spiro atoms. The van der Waals surface area contributed by atoms with Crippen LogP contribution in [0.5, 0.6) is 5.75 Å². The van der Waals surface area contributed by atoms with Crippen LogP contribution in [0.25, 0.3) is 0 Å². The zero-order valence-electron chi connectivity index (χ0n) is 12.5. The molecular formula is C16H16Cl2N2O3. The van der Waals surface area contributed by atoms with Gasteiger partial charge >= 0.3 is 0 Å². The molecule has 0 radical (unpaired) electrons. The van der Waals surface area contributed by atoms with Crippen molar-refractivity contribution < 1.29 is 13.9 Å². The number of ketones is 1. The van der Waals surface area contributed by atoms with Crippen molar-refractivity contribution in [2.45, 2.75) is 19.4 Å². The molecule has 0 amide bonds. The van der Waals surface area contributed by atoms with E-state index in [-0.39, 0.29) is 22.3 Å². The molecule has 1 unspecified atom stereocenters. The van der Waals surface area contributed by atoms with Crippen LogP contribution in [0.3, 0.4) is 0 Å². The first kappa shape index (κ1) is 16.3. The molecule has 122 valence electrons. The van der Waals surface area contributed by atoms with E-state index in [9.17, 15) is 4.79 Å². The molecule has 0 bridgehead atoms. The van der Waals surface area contributed by atoms with E-state index in [1.54, 1.807) is 18.3 Å². The van der Waals surface area contributed by atoms with Crippen LogP contribution >= 0.6 is 23.2 Å². The number of benzene rings is 1. The molecule has 1 aromatic heterocycles. The van der Waals surface area contributed by atoms with Gasteiger partial charge in [0.1, 0.15) is 12.0 Å². The lowest BCUT2D eigenvalue weighted by Crippen LogP contribution is -2.22. The van der Waals surface area contributed by atoms with Crippen LogP contribution in [-0.4, -0.2) is 23.9 Å². The number of nitrogens with zero attached hydrogens (tertiary/aromatic N) is 1. The van der Waals surface area contributed by atoms with Gasteiger partial charge in [0.25, 0.3) is 0 Å². The van der Waals surface area contributed by atoms with Crippen molar-refractivity contribution in [2.24, 2.45) is 5.92 Å². The van der Waals surface area contributed by atoms with Crippen molar-refractivity contribution in [3.63, 3.8) is 0 Å². The summed E-state index contributed by atoms with van der Waals surface area (Å²) in [5, 5.41) is 3.82. The van der Waals surface area contributed by atoms with Crippen molar-refractivity contribution in [3.8, 4) is 5.75 Å². The molecule has 1 aliphatic rings. The number of halogens is 2. The van der Waals surface area contributed by atoms with Gasteiger partial charge in [0.2, 0.25) is 5.89 Å². The molecule has 1 aliphatic heterocycles. The van der Waals surface area contributed by atoms with E-state index >= 15 is 0 Å². The summed E-state index contributed by atoms with van der Waals surface area (Å²) in [7, 11) is 0. The third-order valence-corrected chi connectivity index (χ3v) is 4.69. The molecule has 2 aromatic rings. The average molecular weight is 355 g/mol. The number of carbonyl (C=O) groups excluding carboxylic acids is 1. The maximum atomic E-state index is 12.0. The predicted molar refractivity (Wildman–Crippen MR) is 87.3 cm³/mol. The van der Waals surface area contributed by atoms with Crippen LogP contribution in [0.1, 0.15) is 35.7 Å². The highest BCUT2D eigenvalue weighted by molar-refractivity contribution is 6.44. The Bertz CT molecular complexity index is 698. The molecule has 1 saturated heterocycles. The zero-order chi connectivity index (χ0) is 16.4. The van der Waals surface area contributed by atoms with Crippen LogP contribution in [0.4, 0.5) is 0 Å². The van der Waals surface area contributed by atoms with Gasteiger partial charge in [-0.1, -0.05) is 23.2 Å². The van der Waals surface area contributed by atoms with Crippen molar-refractivity contribution in [1.82, 2.24) is 10.3 Å². The second kappa shape index (κ2) is 6.91. The minimum atomic E-state index is -0.393. The van der Waals surface area contributed by atoms with Gasteiger partial charge in [0.05, 0.1) is 21.8 Å². The van der Waals surface area contributed by atoms with Crippen LogP contribution < -0.4 is 10.1 Å². The Hall–Kier alpha value is -1.56. The van der Waals surface area contributed by atoms with Crippen LogP contribution in [0.2, 0.25) is 10.0 Å². The number of carbonyl (C=O) groups is 1. The Balaban J connectivity index is 1.97. The van der Waals surface area contributed by atoms with E-state index in [1.807, 2.05) is 0 Å². The minimum Gasteiger partial charge on any atom is -0.480 e. The molecule has 3 rings (SSSR count). The van der Waals surface area contributed by atoms with E-state index < -0.39 is 6.10 Å². The Kier molecular flexibility index (Phi) is 4.90. The molecule has 0 aliphatic carbocycles. The number of nitrogens with one attached hydrogen (secondary N) is 1. The summed E-state index contributed by atoms with van der Waals surface area (Å²) < 4.78 is 11.5. The van der Waals surface area contributed by atoms with Crippen molar-refractivity contribution in [2.75, 3.05) is 13.1 Å². The van der Waals surface area contributed by atoms with Gasteiger partial charge in [0, 0.05) is 12.5 Å². The minimum absolute atomic E-state index is 0.197. The summed E-state index contributed by atoms with van der Waals surface area (Å²) in [6.45, 7) is 3.14. The Morgan fingerprint density at radius 1 is 1.48 bits per heavy atom. The van der Waals surface area contributed by atoms with E-state index in [0.29, 0.717) is 16.7 Å². The predicted octanol–water partition coefficient (Wildman–Crippen LogP) is 3.91. The van der Waals surface area contributed by atoms with Gasteiger partial charge in [-0.3, -0.25) is 4.79 Å². The van der Waals surface area contributed by atoms with Crippen LogP contribution in [-0.2, 0) is 0 Å². The van der Waals surface area contributed by atoms with E-state index in [4.69, 9.17) is 32.4 Å². The number of rotatable bonds is 5. The van der Waals surface area contributed by atoms with Crippen LogP contribution in [0, 0.1) is 5.92 Å². The molecule has 1 aromatic carbocycles. The summed E-state index contributed by atoms with van der Waals surface area (Å²) in [4.78, 5) is 16.2. The molecule has 23 heavy (non-hydrogen) atoms. The number of oxazole rings is 1. The van der Waals surface area contributed by atoms with Crippen molar-refractivity contribution in [3.05, 3.63) is 46.1 Å². The summed E-state index contributed by atoms with van der Waals surface area (Å²) >= 11 is 12.2. The van der Waals surface area contributed by atoms with Gasteiger partial charge in [-0.25, -0.2) is 4.98 Å². The Morgan fingerprint density at radius 2 is 2.30 bits per heavy atom. The number of Topliss-reactive ketones (excluding diaryl/α,β-unsaturated/α-hetero) is 1. The number of hydrogen-bond donors (Lipinski definition) is 1. The Labute approximate surface area is 143 Å². The SMILES string of the molecule is CC(=O)c1c(O[C@H](c2ncco2)C2CCNC2)ccc(Cl)c1Cl. The third-order valence-electron chi connectivity index (χ3n) is 3.88. The molecule has 1 fully saturated rings. The van der Waals surface area contributed by atoms with Gasteiger partial charge in [0.15, 0.2) is 11.9 Å². The van der Waals surface area contributed by atoms with E-state index in [1.165, 1.54) is 13.2 Å². The van der Waals surface area contributed by atoms with Crippen LogP contribution in [0.15, 0.2) is 29.0 Å². The number of hydrogen-bond acceptors (Lipinski definition) is 5. The maximum absolute atomic E-state index is 12.0. The first-order valence-electron chi connectivity index (χ1n) is 7.33. The molecule has 7 heteroatoms. The average Bonchev–Trinajstić information content (AvgIpc) is 3.21. The van der Waals surface area contributed by atoms with E-state index in [0.717, 1.165) is 19.5 Å². The highest BCUT2D eigenvalue weighted by Gasteiger charge is 2.32. The molecule has 1 N–H and O–H groups in total. The quantitative estimate of drug-likeness (QED) is 0.824. The molecule has 0 saturated carbocycles. The number of ether oxygens (including phenoxy) is 1. The second-order valence-corrected chi connectivity index (χ2v) is 6.24. The van der Waals surface area contributed by atoms with E-state index in [2.05, 4.69) is 10.3 Å². The summed E-state index contributed by atoms with van der Waals surface area (Å²) in [6, 6.07) is 3.27. The van der Waals surface area contributed by atoms with Crippen molar-refractivity contribution in [1.29, 1.82) is 0 Å². The second-order valence-electron chi connectivity index (χ2n) is 5.45. The molecule has 2 atom stereocenters. The largest absolute Gasteiger partial charge is 0.480 e. The fourth-order valence-electron chi connectivity index (χ4n) is 2.75. The highest BCUT2D eigenvalue weighted by atomic mass is 35.5. The summed E-state index contributed by atoms with van der Waals surface area (Å²) in [5.41, 5.74) is 0.279. The standard InChI is InChI=1S/C16H16Cl2N2O3/c1-9(21)13-12(3-2-11(17)14(13)18)23-15(10-4-5-19-8-10)16-20-6-7-22-16/h2-3,6-7,10,15,19H,4-5,8H2,1H3/t10?,15-/m0/s1. The van der Waals surface area contributed by atoms with Crippen molar-refractivity contribution >= 4 is 29.0 Å². The fraction of sp³-hybridized carbons (Fsp3) is 0.375. The lowest BCUT2D eigenvalue weighted by Gasteiger charge is -2.23. The molecular weight excluding hydrogens is 339 g/mol. The van der Waals surface area contributed by atoms with Gasteiger partial charge in [-0.2, -0.15) is 0 Å². The lowest BCUT2D eigenvalue weighted by molar-refractivity contribution is 0.0973. The van der Waals surface area contributed by atoms with Gasteiger partial charge < -0.3 is 14.5 Å². The fourth-order valence-corrected chi connectivity index (χ4v) is 3.20. The summed E-state index contributed by atoms with van der Waals surface area (Å²) in [5.74, 6) is 0.868. The topological polar surface area (TPSA) is 64.4 Å². The summed E-state index contributed by atoms with van der Waals surface area (Å²) in [6.07, 6.45) is 3.63. The van der Waals surface area contributed by atoms with Gasteiger partial charge in [-0.15, -0.1) is 0 Å². The maximum Gasteiger partial charge on any atom is 0.235 e. The third kappa shape index (κ3) is 3.37. The normalized spacial score (nSPS) is 18.8. The lowest BCUT2D eigenvalue weighted by atomic mass is 10.0.